The van der Waals surface area contributed by atoms with E-state index in [1.165, 1.54) is 0 Å². The number of rotatable bonds is 4. The molecule has 0 bridgehead atoms. The van der Waals surface area contributed by atoms with Crippen LogP contribution in [0, 0.1) is 6.92 Å². The maximum atomic E-state index is 12.9. The summed E-state index contributed by atoms with van der Waals surface area (Å²) < 4.78 is 0. The van der Waals surface area contributed by atoms with Crippen molar-refractivity contribution >= 4 is 23.3 Å². The molecule has 2 aliphatic rings. The predicted octanol–water partition coefficient (Wildman–Crippen LogP) is 2.52. The van der Waals surface area contributed by atoms with Gasteiger partial charge in [0.25, 0.3) is 5.91 Å². The molecule has 0 unspecified atom stereocenters. The second-order valence-corrected chi connectivity index (χ2v) is 7.78. The van der Waals surface area contributed by atoms with Crippen molar-refractivity contribution in [2.24, 2.45) is 0 Å². The normalized spacial score (nSPS) is 16.9. The van der Waals surface area contributed by atoms with Gasteiger partial charge in [-0.25, -0.2) is 0 Å². The summed E-state index contributed by atoms with van der Waals surface area (Å²) in [6.45, 7) is 4.96. The fourth-order valence-electron chi connectivity index (χ4n) is 3.84. The van der Waals surface area contributed by atoms with Crippen molar-refractivity contribution < 1.29 is 14.4 Å². The molecule has 4 rings (SSSR count). The Balaban J connectivity index is 1.33. The molecule has 6 heteroatoms. The Labute approximate surface area is 170 Å². The number of nitrogens with one attached hydrogen (secondary N) is 1. The Morgan fingerprint density at radius 3 is 2.34 bits per heavy atom. The highest BCUT2D eigenvalue weighted by molar-refractivity contribution is 5.98. The van der Waals surface area contributed by atoms with Gasteiger partial charge in [-0.05, 0) is 37.1 Å². The van der Waals surface area contributed by atoms with Crippen LogP contribution in [0.25, 0.3) is 0 Å². The van der Waals surface area contributed by atoms with Crippen LogP contribution >= 0.6 is 0 Å². The Morgan fingerprint density at radius 1 is 0.931 bits per heavy atom. The van der Waals surface area contributed by atoms with Crippen LogP contribution in [0.3, 0.4) is 0 Å². The number of nitrogens with zero attached hydrogens (tertiary/aromatic N) is 2. The first-order chi connectivity index (χ1) is 14.0. The molecule has 1 fully saturated rings. The van der Waals surface area contributed by atoms with E-state index in [9.17, 15) is 14.4 Å². The third-order valence-corrected chi connectivity index (χ3v) is 5.65. The van der Waals surface area contributed by atoms with Crippen molar-refractivity contribution in [3.05, 3.63) is 64.7 Å². The van der Waals surface area contributed by atoms with E-state index in [0.717, 1.165) is 22.4 Å². The molecule has 6 nitrogen and oxygen atoms in total. The first kappa shape index (κ1) is 19.3. The monoisotopic (exact) mass is 391 g/mol. The van der Waals surface area contributed by atoms with E-state index in [4.69, 9.17) is 0 Å². The van der Waals surface area contributed by atoms with Crippen molar-refractivity contribution in [3.8, 4) is 0 Å². The van der Waals surface area contributed by atoms with Gasteiger partial charge in [0.05, 0.1) is 6.54 Å². The number of carbonyl (C=O) groups is 3. The molecule has 0 aliphatic carbocycles. The summed E-state index contributed by atoms with van der Waals surface area (Å²) in [4.78, 5) is 40.8. The smallest absolute Gasteiger partial charge is 0.253 e. The lowest BCUT2D eigenvalue weighted by Gasteiger charge is -2.34. The van der Waals surface area contributed by atoms with E-state index in [2.05, 4.69) is 10.2 Å². The third-order valence-electron chi connectivity index (χ3n) is 5.65. The zero-order valence-electron chi connectivity index (χ0n) is 16.6. The number of piperazine rings is 1. The Hall–Kier alpha value is -2.99. The molecule has 0 atom stereocenters. The number of benzene rings is 2. The van der Waals surface area contributed by atoms with Crippen molar-refractivity contribution in [2.45, 2.75) is 19.8 Å². The Kier molecular flexibility index (Phi) is 5.45. The van der Waals surface area contributed by atoms with Crippen LogP contribution < -0.4 is 5.32 Å². The Bertz CT molecular complexity index is 944. The minimum Gasteiger partial charge on any atom is -0.336 e. The number of fused-ring (bicyclic) bond motifs is 1. The summed E-state index contributed by atoms with van der Waals surface area (Å²) in [6, 6.07) is 13.1. The van der Waals surface area contributed by atoms with E-state index in [0.29, 0.717) is 51.1 Å². The van der Waals surface area contributed by atoms with Crippen molar-refractivity contribution in [2.75, 3.05) is 38.0 Å². The number of ketones is 1. The molecule has 0 radical (unpaired) electrons. The topological polar surface area (TPSA) is 69.7 Å². The second kappa shape index (κ2) is 8.17. The fourth-order valence-corrected chi connectivity index (χ4v) is 3.84. The van der Waals surface area contributed by atoms with Gasteiger partial charge in [-0.15, -0.1) is 0 Å². The maximum Gasteiger partial charge on any atom is 0.253 e. The highest BCUT2D eigenvalue weighted by Crippen LogP contribution is 2.24. The van der Waals surface area contributed by atoms with Crippen LogP contribution in [0.1, 0.15) is 38.3 Å². The number of hydrogen-bond acceptors (Lipinski definition) is 4. The third kappa shape index (κ3) is 4.38. The summed E-state index contributed by atoms with van der Waals surface area (Å²) >= 11 is 0. The molecule has 2 aliphatic heterocycles. The average molecular weight is 391 g/mol. The molecular weight excluding hydrogens is 366 g/mol. The largest absolute Gasteiger partial charge is 0.336 e. The fraction of sp³-hybridized carbons (Fsp3) is 0.348. The number of amides is 2. The van der Waals surface area contributed by atoms with Crippen molar-refractivity contribution in [3.63, 3.8) is 0 Å². The Morgan fingerprint density at radius 2 is 1.62 bits per heavy atom. The molecule has 2 amide bonds. The van der Waals surface area contributed by atoms with Crippen LogP contribution in [0.15, 0.2) is 42.5 Å². The number of aryl methyl sites for hydroxylation is 2. The molecular formula is C23H25N3O3. The number of hydrogen-bond donors (Lipinski definition) is 1. The molecule has 0 aromatic heterocycles. The van der Waals surface area contributed by atoms with Gasteiger partial charge in [-0.3, -0.25) is 19.3 Å². The summed E-state index contributed by atoms with van der Waals surface area (Å²) in [7, 11) is 0. The van der Waals surface area contributed by atoms with Crippen LogP contribution in [0.2, 0.25) is 0 Å². The van der Waals surface area contributed by atoms with Gasteiger partial charge >= 0.3 is 0 Å². The van der Waals surface area contributed by atoms with Crippen LogP contribution in [-0.4, -0.2) is 60.1 Å². The lowest BCUT2D eigenvalue weighted by molar-refractivity contribution is -0.116. The quantitative estimate of drug-likeness (QED) is 0.813. The average Bonchev–Trinajstić information content (AvgIpc) is 2.74. The van der Waals surface area contributed by atoms with Gasteiger partial charge in [0.2, 0.25) is 5.91 Å². The first-order valence-electron chi connectivity index (χ1n) is 10.0. The molecule has 0 spiro atoms. The van der Waals surface area contributed by atoms with E-state index < -0.39 is 0 Å². The number of carbonyl (C=O) groups excluding carboxylic acids is 3. The molecule has 2 heterocycles. The lowest BCUT2D eigenvalue weighted by Crippen LogP contribution is -2.49. The van der Waals surface area contributed by atoms with Crippen molar-refractivity contribution in [1.29, 1.82) is 0 Å². The summed E-state index contributed by atoms with van der Waals surface area (Å²) in [5.74, 6) is 0.142. The van der Waals surface area contributed by atoms with E-state index >= 15 is 0 Å². The van der Waals surface area contributed by atoms with Gasteiger partial charge in [-0.1, -0.05) is 29.8 Å². The minimum absolute atomic E-state index is 0.00853. The van der Waals surface area contributed by atoms with E-state index in [-0.39, 0.29) is 17.6 Å². The van der Waals surface area contributed by atoms with Gasteiger partial charge in [0, 0.05) is 49.4 Å². The predicted molar refractivity (Wildman–Crippen MR) is 111 cm³/mol. The summed E-state index contributed by atoms with van der Waals surface area (Å²) in [5.41, 5.74) is 4.34. The van der Waals surface area contributed by atoms with Gasteiger partial charge in [0.1, 0.15) is 0 Å². The van der Waals surface area contributed by atoms with Gasteiger partial charge in [0.15, 0.2) is 5.78 Å². The zero-order valence-corrected chi connectivity index (χ0v) is 16.6. The van der Waals surface area contributed by atoms with Crippen molar-refractivity contribution in [1.82, 2.24) is 9.80 Å². The van der Waals surface area contributed by atoms with E-state index in [1.807, 2.05) is 48.2 Å². The van der Waals surface area contributed by atoms with Crippen LogP contribution in [0.4, 0.5) is 5.69 Å². The zero-order chi connectivity index (χ0) is 20.4. The number of anilines is 1. The maximum absolute atomic E-state index is 12.9. The first-order valence-corrected chi connectivity index (χ1v) is 10.0. The molecule has 1 N–H and O–H groups in total. The minimum atomic E-state index is 0.00853. The SMILES string of the molecule is Cc1ccc(C(=O)CN2CCN(C(=O)c3ccc4c(c3)CCC(=O)N4)CC2)cc1. The molecule has 0 saturated carbocycles. The van der Waals surface area contributed by atoms with Crippen LogP contribution in [0.5, 0.6) is 0 Å². The van der Waals surface area contributed by atoms with Gasteiger partial charge < -0.3 is 10.2 Å². The van der Waals surface area contributed by atoms with E-state index in [1.54, 1.807) is 6.07 Å². The second-order valence-electron chi connectivity index (χ2n) is 7.78. The standard InChI is InChI=1S/C23H25N3O3/c1-16-2-4-17(5-3-16)21(27)15-25-10-12-26(13-11-25)23(29)19-6-8-20-18(14-19)7-9-22(28)24-20/h2-6,8,14H,7,9-13,15H2,1H3,(H,24,28). The molecule has 2 aromatic carbocycles. The highest BCUT2D eigenvalue weighted by Gasteiger charge is 2.25. The molecule has 2 aromatic rings. The van der Waals surface area contributed by atoms with Crippen LogP contribution in [-0.2, 0) is 11.2 Å². The number of Topliss-reactive ketones (excluding diaryl/α,β-unsaturated/α-hetero) is 1. The van der Waals surface area contributed by atoms with Gasteiger partial charge in [-0.2, -0.15) is 0 Å². The molecule has 150 valence electrons. The summed E-state index contributed by atoms with van der Waals surface area (Å²) in [6.07, 6.45) is 1.12. The summed E-state index contributed by atoms with van der Waals surface area (Å²) in [5, 5.41) is 2.84. The molecule has 29 heavy (non-hydrogen) atoms. The molecule has 1 saturated heterocycles. The highest BCUT2D eigenvalue weighted by atomic mass is 16.2. The lowest BCUT2D eigenvalue weighted by atomic mass is 10.00.